The first-order valence-corrected chi connectivity index (χ1v) is 4.55. The molecule has 2 rings (SSSR count). The van der Waals surface area contributed by atoms with Crippen LogP contribution in [-0.2, 0) is 4.79 Å². The Morgan fingerprint density at radius 2 is 2.25 bits per heavy atom. The fourth-order valence-electron chi connectivity index (χ4n) is 1.27. The van der Waals surface area contributed by atoms with E-state index in [0.29, 0.717) is 5.76 Å². The van der Waals surface area contributed by atoms with Crippen LogP contribution in [0.2, 0.25) is 0 Å². The summed E-state index contributed by atoms with van der Waals surface area (Å²) < 4.78 is 5.06. The summed E-state index contributed by atoms with van der Waals surface area (Å²) in [5, 5.41) is 2.92. The van der Waals surface area contributed by atoms with E-state index < -0.39 is 17.8 Å². The van der Waals surface area contributed by atoms with Crippen LogP contribution in [0, 0.1) is 6.92 Å². The predicted octanol–water partition coefficient (Wildman–Crippen LogP) is -0.215. The molecule has 1 fully saturated rings. The average Bonchev–Trinajstić information content (AvgIpc) is 2.74. The van der Waals surface area contributed by atoms with Crippen molar-refractivity contribution in [2.45, 2.75) is 6.92 Å². The highest BCUT2D eigenvalue weighted by Crippen LogP contribution is 2.06. The molecule has 1 aliphatic rings. The summed E-state index contributed by atoms with van der Waals surface area (Å²) in [6.07, 6.45) is 0. The van der Waals surface area contributed by atoms with Crippen LogP contribution >= 0.6 is 0 Å². The van der Waals surface area contributed by atoms with Crippen LogP contribution < -0.4 is 10.7 Å². The summed E-state index contributed by atoms with van der Waals surface area (Å²) in [6, 6.07) is 2.46. The summed E-state index contributed by atoms with van der Waals surface area (Å²) in [4.78, 5) is 33.5. The number of nitrogens with one attached hydrogen (secondary N) is 2. The second kappa shape index (κ2) is 3.69. The number of hydrogen-bond donors (Lipinski definition) is 2. The minimum Gasteiger partial charge on any atom is -0.456 e. The Kier molecular flexibility index (Phi) is 2.35. The molecule has 0 atom stereocenters. The maximum Gasteiger partial charge on any atom is 0.343 e. The van der Waals surface area contributed by atoms with E-state index >= 15 is 0 Å². The van der Waals surface area contributed by atoms with Gasteiger partial charge < -0.3 is 4.42 Å². The summed E-state index contributed by atoms with van der Waals surface area (Å²) in [7, 11) is 0. The Hall–Kier alpha value is -2.31. The summed E-state index contributed by atoms with van der Waals surface area (Å²) in [6.45, 7) is 1.51. The number of carbonyl (C=O) groups excluding carboxylic acids is 3. The molecule has 1 saturated heterocycles. The number of imide groups is 1. The van der Waals surface area contributed by atoms with Crippen LogP contribution in [0.15, 0.2) is 16.5 Å². The van der Waals surface area contributed by atoms with Gasteiger partial charge in [-0.15, -0.1) is 0 Å². The van der Waals surface area contributed by atoms with E-state index in [0.717, 1.165) is 5.01 Å². The molecule has 7 nitrogen and oxygen atoms in total. The topological polar surface area (TPSA) is 91.7 Å². The van der Waals surface area contributed by atoms with Gasteiger partial charge in [-0.2, -0.15) is 0 Å². The second-order valence-corrected chi connectivity index (χ2v) is 3.29. The highest BCUT2D eigenvalue weighted by atomic mass is 16.4. The summed E-state index contributed by atoms with van der Waals surface area (Å²) >= 11 is 0. The van der Waals surface area contributed by atoms with Gasteiger partial charge in [0, 0.05) is 0 Å². The number of urea groups is 1. The smallest absolute Gasteiger partial charge is 0.343 e. The lowest BCUT2D eigenvalue weighted by molar-refractivity contribution is -0.118. The van der Waals surface area contributed by atoms with Gasteiger partial charge in [0.25, 0.3) is 0 Å². The van der Waals surface area contributed by atoms with Crippen LogP contribution in [0.25, 0.3) is 0 Å². The van der Waals surface area contributed by atoms with E-state index in [9.17, 15) is 14.4 Å². The zero-order valence-corrected chi connectivity index (χ0v) is 8.44. The Labute approximate surface area is 90.4 Å². The molecular weight excluding hydrogens is 214 g/mol. The second-order valence-electron chi connectivity index (χ2n) is 3.29. The first-order valence-electron chi connectivity index (χ1n) is 4.55. The van der Waals surface area contributed by atoms with Crippen LogP contribution in [0.3, 0.4) is 0 Å². The number of rotatable bonds is 2. The molecule has 2 N–H and O–H groups in total. The fraction of sp³-hybridized carbons (Fsp3) is 0.222. The fourth-order valence-corrected chi connectivity index (χ4v) is 1.27. The van der Waals surface area contributed by atoms with E-state index in [1.54, 1.807) is 13.0 Å². The maximum absolute atomic E-state index is 11.5. The Bertz CT molecular complexity index is 465. The highest BCUT2D eigenvalue weighted by Gasteiger charge is 2.28. The summed E-state index contributed by atoms with van der Waals surface area (Å²) in [5.74, 6) is -0.351. The van der Waals surface area contributed by atoms with Gasteiger partial charge in [0.2, 0.25) is 5.91 Å². The normalized spacial score (nSPS) is 15.2. The van der Waals surface area contributed by atoms with Gasteiger partial charge in [-0.1, -0.05) is 0 Å². The molecule has 0 radical (unpaired) electrons. The number of hydrogen-bond acceptors (Lipinski definition) is 4. The van der Waals surface area contributed by atoms with E-state index in [-0.39, 0.29) is 12.3 Å². The number of carbonyl (C=O) groups is 3. The van der Waals surface area contributed by atoms with Crippen LogP contribution in [0.1, 0.15) is 16.3 Å². The maximum atomic E-state index is 11.5. The van der Waals surface area contributed by atoms with Gasteiger partial charge in [-0.3, -0.25) is 20.3 Å². The number of nitrogens with zero attached hydrogens (tertiary/aromatic N) is 1. The first-order chi connectivity index (χ1) is 7.56. The van der Waals surface area contributed by atoms with Crippen LogP contribution in [0.4, 0.5) is 4.79 Å². The van der Waals surface area contributed by atoms with Gasteiger partial charge in [-0.05, 0) is 19.1 Å². The van der Waals surface area contributed by atoms with Gasteiger partial charge in [0.1, 0.15) is 12.3 Å². The molecule has 0 aromatic carbocycles. The molecule has 1 aromatic rings. The molecule has 0 bridgehead atoms. The largest absolute Gasteiger partial charge is 0.456 e. The van der Waals surface area contributed by atoms with Crippen molar-refractivity contribution in [3.05, 3.63) is 23.7 Å². The lowest BCUT2D eigenvalue weighted by Crippen LogP contribution is -2.44. The molecule has 2 heterocycles. The Balaban J connectivity index is 2.03. The van der Waals surface area contributed by atoms with Gasteiger partial charge in [-0.25, -0.2) is 9.80 Å². The molecule has 16 heavy (non-hydrogen) atoms. The van der Waals surface area contributed by atoms with Gasteiger partial charge in [0.15, 0.2) is 5.76 Å². The molecule has 7 heteroatoms. The lowest BCUT2D eigenvalue weighted by atomic mass is 10.4. The third-order valence-electron chi connectivity index (χ3n) is 1.99. The van der Waals surface area contributed by atoms with Crippen LogP contribution in [0.5, 0.6) is 0 Å². The molecular formula is C9H9N3O4. The Morgan fingerprint density at radius 3 is 2.75 bits per heavy atom. The van der Waals surface area contributed by atoms with E-state index in [4.69, 9.17) is 4.42 Å². The van der Waals surface area contributed by atoms with Crippen molar-refractivity contribution in [2.24, 2.45) is 0 Å². The molecule has 84 valence electrons. The summed E-state index contributed by atoms with van der Waals surface area (Å²) in [5.41, 5.74) is 2.26. The molecule has 0 saturated carbocycles. The minimum absolute atomic E-state index is 0.0876. The van der Waals surface area contributed by atoms with E-state index in [2.05, 4.69) is 5.43 Å². The van der Waals surface area contributed by atoms with E-state index in [1.807, 2.05) is 5.32 Å². The molecule has 0 unspecified atom stereocenters. The monoisotopic (exact) mass is 223 g/mol. The van der Waals surface area contributed by atoms with Crippen molar-refractivity contribution >= 4 is 17.8 Å². The van der Waals surface area contributed by atoms with Crippen molar-refractivity contribution in [2.75, 3.05) is 6.54 Å². The molecule has 4 amide bonds. The average molecular weight is 223 g/mol. The number of amides is 4. The number of aryl methyl sites for hydroxylation is 1. The third-order valence-corrected chi connectivity index (χ3v) is 1.99. The van der Waals surface area contributed by atoms with Gasteiger partial charge >= 0.3 is 11.9 Å². The minimum atomic E-state index is -0.651. The molecule has 0 spiro atoms. The van der Waals surface area contributed by atoms with Gasteiger partial charge in [0.05, 0.1) is 0 Å². The van der Waals surface area contributed by atoms with Crippen LogP contribution in [-0.4, -0.2) is 29.4 Å². The molecule has 1 aromatic heterocycles. The standard InChI is InChI=1S/C9H9N3O4/c1-5-2-3-6(16-5)8(14)11-12-4-7(13)10-9(12)15/h2-3H,4H2,1H3,(H,11,14)(H,10,13,15). The van der Waals surface area contributed by atoms with Crippen molar-refractivity contribution in [3.8, 4) is 0 Å². The number of hydrazine groups is 1. The van der Waals surface area contributed by atoms with E-state index in [1.165, 1.54) is 6.07 Å². The first kappa shape index (κ1) is 10.2. The highest BCUT2D eigenvalue weighted by molar-refractivity contribution is 6.03. The quantitative estimate of drug-likeness (QED) is 0.678. The molecule has 0 aliphatic carbocycles. The zero-order valence-electron chi connectivity index (χ0n) is 8.44. The lowest BCUT2D eigenvalue weighted by Gasteiger charge is -2.12. The number of furan rings is 1. The predicted molar refractivity (Wildman–Crippen MR) is 51.2 cm³/mol. The zero-order chi connectivity index (χ0) is 11.7. The van der Waals surface area contributed by atoms with Crippen molar-refractivity contribution < 1.29 is 18.8 Å². The van der Waals surface area contributed by atoms with Crippen molar-refractivity contribution in [1.82, 2.24) is 15.8 Å². The SMILES string of the molecule is Cc1ccc(C(=O)NN2CC(=O)NC2=O)o1. The molecule has 1 aliphatic heterocycles. The Morgan fingerprint density at radius 1 is 1.50 bits per heavy atom. The third kappa shape index (κ3) is 1.88. The van der Waals surface area contributed by atoms with Crippen molar-refractivity contribution in [1.29, 1.82) is 0 Å². The van der Waals surface area contributed by atoms with Crippen molar-refractivity contribution in [3.63, 3.8) is 0 Å².